The van der Waals surface area contributed by atoms with Gasteiger partial charge in [-0.05, 0) is 43.0 Å². The number of carbonyl (C=O) groups is 3. The molecular formula is C33H37N3O5S. The molecule has 1 heterocycles. The molecule has 2 aliphatic rings. The third kappa shape index (κ3) is 6.57. The fraction of sp³-hybridized carbons (Fsp3) is 0.364. The summed E-state index contributed by atoms with van der Waals surface area (Å²) in [5.74, 6) is -1.25. The fourth-order valence-corrected chi connectivity index (χ4v) is 7.47. The molecule has 1 N–H and O–H groups in total. The van der Waals surface area contributed by atoms with E-state index in [9.17, 15) is 22.8 Å². The number of nitrogens with one attached hydrogen (secondary N) is 1. The molecule has 0 radical (unpaired) electrons. The zero-order valence-electron chi connectivity index (χ0n) is 23.9. The summed E-state index contributed by atoms with van der Waals surface area (Å²) in [5.41, 5.74) is 2.91. The maximum atomic E-state index is 14.0. The Hall–Kier alpha value is -3.98. The first-order chi connectivity index (χ1) is 20.2. The summed E-state index contributed by atoms with van der Waals surface area (Å²) in [5, 5.41) is 3.21. The van der Waals surface area contributed by atoms with Crippen LogP contribution in [0.15, 0.2) is 83.8 Å². The first-order valence-electron chi connectivity index (χ1n) is 14.6. The van der Waals surface area contributed by atoms with Crippen LogP contribution in [0.5, 0.6) is 0 Å². The van der Waals surface area contributed by atoms with Crippen molar-refractivity contribution in [2.45, 2.75) is 75.4 Å². The highest BCUT2D eigenvalue weighted by atomic mass is 32.2. The predicted octanol–water partition coefficient (Wildman–Crippen LogP) is 4.62. The van der Waals surface area contributed by atoms with Gasteiger partial charge in [0.1, 0.15) is 10.9 Å². The number of fused-ring (bicyclic) bond motifs is 1. The second kappa shape index (κ2) is 12.9. The van der Waals surface area contributed by atoms with Crippen molar-refractivity contribution in [2.75, 3.05) is 6.54 Å². The first-order valence-corrected chi connectivity index (χ1v) is 16.0. The highest BCUT2D eigenvalue weighted by molar-refractivity contribution is 7.90. The van der Waals surface area contributed by atoms with Crippen LogP contribution in [0.25, 0.3) is 0 Å². The molecule has 1 aliphatic carbocycles. The highest BCUT2D eigenvalue weighted by Crippen LogP contribution is 2.30. The minimum Gasteiger partial charge on any atom is -0.352 e. The lowest BCUT2D eigenvalue weighted by molar-refractivity contribution is -0.141. The Morgan fingerprint density at radius 2 is 1.62 bits per heavy atom. The average Bonchev–Trinajstić information content (AvgIpc) is 3.19. The monoisotopic (exact) mass is 587 g/mol. The van der Waals surface area contributed by atoms with Gasteiger partial charge in [0.25, 0.3) is 15.9 Å². The van der Waals surface area contributed by atoms with Crippen LogP contribution in [0.4, 0.5) is 0 Å². The normalized spacial score (nSPS) is 17.0. The summed E-state index contributed by atoms with van der Waals surface area (Å²) in [6, 6.07) is 22.7. The van der Waals surface area contributed by atoms with Crippen LogP contribution in [0, 0.1) is 6.92 Å². The number of hydrogen-bond acceptors (Lipinski definition) is 5. The van der Waals surface area contributed by atoms with Crippen LogP contribution in [-0.4, -0.2) is 54.0 Å². The van der Waals surface area contributed by atoms with Gasteiger partial charge in [-0.1, -0.05) is 91.6 Å². The van der Waals surface area contributed by atoms with Gasteiger partial charge in [-0.3, -0.25) is 14.4 Å². The van der Waals surface area contributed by atoms with Gasteiger partial charge in [0.2, 0.25) is 11.8 Å². The minimum atomic E-state index is -4.05. The molecule has 1 saturated carbocycles. The molecule has 3 aromatic rings. The maximum Gasteiger partial charge on any atom is 0.269 e. The molecule has 0 aromatic heterocycles. The Kier molecular flexibility index (Phi) is 9.06. The van der Waals surface area contributed by atoms with Crippen molar-refractivity contribution >= 4 is 27.7 Å². The fourth-order valence-electron chi connectivity index (χ4n) is 5.90. The van der Waals surface area contributed by atoms with Gasteiger partial charge in [-0.15, -0.1) is 0 Å². The number of hydrogen-bond donors (Lipinski definition) is 1. The number of aryl methyl sites for hydroxylation is 1. The summed E-state index contributed by atoms with van der Waals surface area (Å²) in [7, 11) is -4.05. The Morgan fingerprint density at radius 1 is 0.929 bits per heavy atom. The standard InChI is InChI=1S/C33H37N3O5S/c1-24-11-10-14-26(21-24)23-35(31(37)19-20-36-33(39)28-17-8-9-18-30(28)42(36,40)41)29(22-25-12-4-2-5-13-25)32(38)34-27-15-6-3-7-16-27/h2,4-5,8-14,17-18,21,27,29H,3,6-7,15-16,19-20,22-23H2,1H3,(H,34,38)/t29-/m1/s1. The summed E-state index contributed by atoms with van der Waals surface area (Å²) >= 11 is 0. The Bertz CT molecular complexity index is 1550. The van der Waals surface area contributed by atoms with Gasteiger partial charge in [0.15, 0.2) is 0 Å². The van der Waals surface area contributed by atoms with Crippen molar-refractivity contribution < 1.29 is 22.8 Å². The van der Waals surface area contributed by atoms with E-state index in [0.29, 0.717) is 6.42 Å². The van der Waals surface area contributed by atoms with E-state index in [4.69, 9.17) is 0 Å². The molecule has 0 bridgehead atoms. The van der Waals surface area contributed by atoms with E-state index in [0.717, 1.165) is 53.1 Å². The number of nitrogens with zero attached hydrogens (tertiary/aromatic N) is 2. The van der Waals surface area contributed by atoms with Crippen molar-refractivity contribution in [2.24, 2.45) is 0 Å². The SMILES string of the molecule is Cc1cccc(CN(C(=O)CCN2C(=O)c3ccccc3S2(=O)=O)[C@H](Cc2ccccc2)C(=O)NC2CCCCC2)c1. The molecular weight excluding hydrogens is 550 g/mol. The van der Waals surface area contributed by atoms with Gasteiger partial charge < -0.3 is 10.2 Å². The molecule has 0 unspecified atom stereocenters. The molecule has 9 heteroatoms. The zero-order chi connectivity index (χ0) is 29.7. The Balaban J connectivity index is 1.43. The van der Waals surface area contributed by atoms with E-state index in [1.54, 1.807) is 17.0 Å². The van der Waals surface area contributed by atoms with Crippen LogP contribution in [0.3, 0.4) is 0 Å². The van der Waals surface area contributed by atoms with E-state index >= 15 is 0 Å². The molecule has 42 heavy (non-hydrogen) atoms. The first kappa shape index (κ1) is 29.5. The van der Waals surface area contributed by atoms with Crippen LogP contribution < -0.4 is 5.32 Å². The molecule has 8 nitrogen and oxygen atoms in total. The number of rotatable bonds is 10. The van der Waals surface area contributed by atoms with Gasteiger partial charge in [0, 0.05) is 32.0 Å². The van der Waals surface area contributed by atoms with Crippen molar-refractivity contribution in [1.82, 2.24) is 14.5 Å². The van der Waals surface area contributed by atoms with Gasteiger partial charge in [-0.2, -0.15) is 0 Å². The van der Waals surface area contributed by atoms with E-state index in [2.05, 4.69) is 5.32 Å². The number of amides is 3. The Morgan fingerprint density at radius 3 is 2.33 bits per heavy atom. The van der Waals surface area contributed by atoms with Crippen molar-refractivity contribution in [3.63, 3.8) is 0 Å². The third-order valence-electron chi connectivity index (χ3n) is 8.10. The molecule has 1 aliphatic heterocycles. The molecule has 5 rings (SSSR count). The number of benzene rings is 3. The molecule has 3 aromatic carbocycles. The smallest absolute Gasteiger partial charge is 0.269 e. The van der Waals surface area contributed by atoms with Crippen molar-refractivity contribution in [3.05, 3.63) is 101 Å². The van der Waals surface area contributed by atoms with Crippen LogP contribution in [0.2, 0.25) is 0 Å². The second-order valence-electron chi connectivity index (χ2n) is 11.2. The number of sulfonamides is 1. The lowest BCUT2D eigenvalue weighted by Crippen LogP contribution is -2.53. The summed E-state index contributed by atoms with van der Waals surface area (Å²) in [6.07, 6.45) is 5.15. The molecule has 1 fully saturated rings. The molecule has 220 valence electrons. The van der Waals surface area contributed by atoms with Gasteiger partial charge >= 0.3 is 0 Å². The summed E-state index contributed by atoms with van der Waals surface area (Å²) in [4.78, 5) is 42.4. The topological polar surface area (TPSA) is 104 Å². The average molecular weight is 588 g/mol. The maximum absolute atomic E-state index is 14.0. The molecule has 3 amide bonds. The third-order valence-corrected chi connectivity index (χ3v) is 9.94. The summed E-state index contributed by atoms with van der Waals surface area (Å²) < 4.78 is 27.0. The van der Waals surface area contributed by atoms with E-state index < -0.39 is 27.9 Å². The van der Waals surface area contributed by atoms with Crippen LogP contribution >= 0.6 is 0 Å². The second-order valence-corrected chi connectivity index (χ2v) is 13.0. The lowest BCUT2D eigenvalue weighted by atomic mass is 9.94. The van der Waals surface area contributed by atoms with E-state index in [1.807, 2.05) is 61.5 Å². The minimum absolute atomic E-state index is 0.0483. The quantitative estimate of drug-likeness (QED) is 0.373. The van der Waals surface area contributed by atoms with Crippen LogP contribution in [0.1, 0.15) is 65.6 Å². The Labute approximate surface area is 247 Å². The lowest BCUT2D eigenvalue weighted by Gasteiger charge is -2.34. The van der Waals surface area contributed by atoms with Crippen molar-refractivity contribution in [1.29, 1.82) is 0 Å². The molecule has 1 atom stereocenters. The predicted molar refractivity (Wildman–Crippen MR) is 160 cm³/mol. The highest BCUT2D eigenvalue weighted by Gasteiger charge is 2.41. The summed E-state index contributed by atoms with van der Waals surface area (Å²) in [6.45, 7) is 1.84. The number of carbonyl (C=O) groups excluding carboxylic acids is 3. The van der Waals surface area contributed by atoms with E-state index in [1.165, 1.54) is 12.1 Å². The van der Waals surface area contributed by atoms with E-state index in [-0.39, 0.29) is 41.9 Å². The molecule has 0 saturated heterocycles. The van der Waals surface area contributed by atoms with Gasteiger partial charge in [0.05, 0.1) is 5.56 Å². The largest absolute Gasteiger partial charge is 0.352 e. The van der Waals surface area contributed by atoms with Gasteiger partial charge in [-0.25, -0.2) is 12.7 Å². The van der Waals surface area contributed by atoms with Crippen molar-refractivity contribution in [3.8, 4) is 0 Å². The zero-order valence-corrected chi connectivity index (χ0v) is 24.7. The van der Waals surface area contributed by atoms with Crippen LogP contribution in [-0.2, 0) is 32.6 Å². The molecule has 0 spiro atoms.